The van der Waals surface area contributed by atoms with Gasteiger partial charge in [-0.25, -0.2) is 0 Å². The second-order valence-electron chi connectivity index (χ2n) is 6.45. The molecule has 3 aromatic carbocycles. The van der Waals surface area contributed by atoms with Crippen molar-refractivity contribution >= 4 is 11.6 Å². The van der Waals surface area contributed by atoms with Crippen molar-refractivity contribution in [1.29, 1.82) is 0 Å². The number of furan rings is 1. The Labute approximate surface area is 155 Å². The summed E-state index contributed by atoms with van der Waals surface area (Å²) in [6, 6.07) is 25.8. The molecule has 128 valence electrons. The van der Waals surface area contributed by atoms with Gasteiger partial charge >= 0.3 is 0 Å². The van der Waals surface area contributed by atoms with Crippen LogP contribution in [0.25, 0.3) is 22.6 Å². The van der Waals surface area contributed by atoms with Crippen LogP contribution in [0.4, 0.5) is 0 Å². The molecule has 27 heavy (non-hydrogen) atoms. The molecule has 3 heteroatoms. The third-order valence-electron chi connectivity index (χ3n) is 4.85. The minimum absolute atomic E-state index is 0.176. The molecule has 0 unspecified atom stereocenters. The fourth-order valence-corrected chi connectivity index (χ4v) is 3.60. The topological polar surface area (TPSA) is 47.3 Å². The first-order valence-electron chi connectivity index (χ1n) is 8.72. The van der Waals surface area contributed by atoms with E-state index < -0.39 is 0 Å². The van der Waals surface area contributed by atoms with Crippen LogP contribution in [-0.2, 0) is 0 Å². The van der Waals surface area contributed by atoms with Crippen LogP contribution in [0.1, 0.15) is 31.8 Å². The minimum atomic E-state index is -0.176. The van der Waals surface area contributed by atoms with Crippen molar-refractivity contribution < 1.29 is 14.0 Å². The summed E-state index contributed by atoms with van der Waals surface area (Å²) < 4.78 is 6.17. The first-order valence-corrected chi connectivity index (χ1v) is 8.72. The molecule has 0 fully saturated rings. The first kappa shape index (κ1) is 15.5. The molecule has 4 aromatic rings. The molecule has 5 rings (SSSR count). The summed E-state index contributed by atoms with van der Waals surface area (Å²) in [7, 11) is 0. The van der Waals surface area contributed by atoms with Crippen molar-refractivity contribution in [2.24, 2.45) is 0 Å². The average Bonchev–Trinajstić information content (AvgIpc) is 3.14. The lowest BCUT2D eigenvalue weighted by molar-refractivity contribution is 0.0981. The number of carbonyl (C=O) groups is 2. The van der Waals surface area contributed by atoms with Gasteiger partial charge in [-0.15, -0.1) is 0 Å². The Kier molecular flexibility index (Phi) is 3.41. The zero-order chi connectivity index (χ0) is 18.4. The highest BCUT2D eigenvalue weighted by Gasteiger charge is 2.38. The predicted octanol–water partition coefficient (Wildman–Crippen LogP) is 5.39. The van der Waals surface area contributed by atoms with E-state index in [-0.39, 0.29) is 11.6 Å². The number of carbonyl (C=O) groups excluding carboxylic acids is 2. The summed E-state index contributed by atoms with van der Waals surface area (Å²) in [6.07, 6.45) is 0. The van der Waals surface area contributed by atoms with E-state index in [4.69, 9.17) is 4.42 Å². The largest absolute Gasteiger partial charge is 0.454 e. The molecule has 3 nitrogen and oxygen atoms in total. The highest BCUT2D eigenvalue weighted by atomic mass is 16.3. The van der Waals surface area contributed by atoms with Gasteiger partial charge in [0.1, 0.15) is 11.5 Å². The number of rotatable bonds is 2. The molecule has 0 bridgehead atoms. The third-order valence-corrected chi connectivity index (χ3v) is 4.85. The van der Waals surface area contributed by atoms with Crippen molar-refractivity contribution in [2.75, 3.05) is 0 Å². The van der Waals surface area contributed by atoms with Crippen molar-refractivity contribution in [3.8, 4) is 22.6 Å². The zero-order valence-corrected chi connectivity index (χ0v) is 14.3. The maximum Gasteiger partial charge on any atom is 0.198 e. The second kappa shape index (κ2) is 5.92. The maximum atomic E-state index is 13.3. The van der Waals surface area contributed by atoms with E-state index in [2.05, 4.69) is 0 Å². The van der Waals surface area contributed by atoms with Gasteiger partial charge in [0.25, 0.3) is 0 Å². The molecular formula is C24H14O3. The smallest absolute Gasteiger partial charge is 0.198 e. The van der Waals surface area contributed by atoms with Gasteiger partial charge in [0.15, 0.2) is 11.6 Å². The predicted molar refractivity (Wildman–Crippen MR) is 103 cm³/mol. The molecule has 0 saturated heterocycles. The molecule has 0 N–H and O–H groups in total. The minimum Gasteiger partial charge on any atom is -0.454 e. The summed E-state index contributed by atoms with van der Waals surface area (Å²) in [6.45, 7) is 0. The quantitative estimate of drug-likeness (QED) is 0.429. The van der Waals surface area contributed by atoms with Gasteiger partial charge in [-0.05, 0) is 0 Å². The first-order chi connectivity index (χ1) is 13.3. The average molecular weight is 350 g/mol. The maximum absolute atomic E-state index is 13.3. The Morgan fingerprint density at radius 1 is 0.481 bits per heavy atom. The van der Waals surface area contributed by atoms with Gasteiger partial charge in [0.2, 0.25) is 0 Å². The molecule has 0 amide bonds. The fourth-order valence-electron chi connectivity index (χ4n) is 3.60. The molecule has 0 spiro atoms. The van der Waals surface area contributed by atoms with Crippen LogP contribution >= 0.6 is 0 Å². The Morgan fingerprint density at radius 3 is 1.26 bits per heavy atom. The van der Waals surface area contributed by atoms with Crippen LogP contribution in [-0.4, -0.2) is 11.6 Å². The lowest BCUT2D eigenvalue weighted by Crippen LogP contribution is -2.20. The highest BCUT2D eigenvalue weighted by Crippen LogP contribution is 2.42. The van der Waals surface area contributed by atoms with E-state index in [0.29, 0.717) is 33.8 Å². The molecule has 1 aliphatic rings. The molecule has 0 radical (unpaired) electrons. The summed E-state index contributed by atoms with van der Waals surface area (Å²) in [4.78, 5) is 26.6. The molecule has 1 aromatic heterocycles. The van der Waals surface area contributed by atoms with Crippen LogP contribution in [0.5, 0.6) is 0 Å². The number of ketones is 2. The van der Waals surface area contributed by atoms with Crippen LogP contribution in [0.3, 0.4) is 0 Å². The van der Waals surface area contributed by atoms with Gasteiger partial charge in [-0.3, -0.25) is 9.59 Å². The molecule has 0 aliphatic heterocycles. The van der Waals surface area contributed by atoms with Crippen LogP contribution in [0.15, 0.2) is 89.3 Å². The Morgan fingerprint density at radius 2 is 0.852 bits per heavy atom. The molecule has 1 aliphatic carbocycles. The zero-order valence-electron chi connectivity index (χ0n) is 14.3. The van der Waals surface area contributed by atoms with Gasteiger partial charge in [0, 0.05) is 22.3 Å². The van der Waals surface area contributed by atoms with Crippen molar-refractivity contribution in [2.45, 2.75) is 0 Å². The van der Waals surface area contributed by atoms with Crippen molar-refractivity contribution in [3.05, 3.63) is 107 Å². The lowest BCUT2D eigenvalue weighted by Gasteiger charge is -2.15. The van der Waals surface area contributed by atoms with E-state index >= 15 is 0 Å². The highest BCUT2D eigenvalue weighted by molar-refractivity contribution is 6.31. The molecule has 1 heterocycles. The number of hydrogen-bond acceptors (Lipinski definition) is 3. The summed E-state index contributed by atoms with van der Waals surface area (Å²) >= 11 is 0. The second-order valence-corrected chi connectivity index (χ2v) is 6.45. The number of hydrogen-bond donors (Lipinski definition) is 0. The van der Waals surface area contributed by atoms with Crippen molar-refractivity contribution in [1.82, 2.24) is 0 Å². The standard InChI is InChI=1S/C24H14O3/c25-21-17-13-7-8-14-18(17)22(26)20-19(21)23(15-9-3-1-4-10-15)27-24(20)16-11-5-2-6-12-16/h1-14H. The van der Waals surface area contributed by atoms with E-state index in [1.807, 2.05) is 60.7 Å². The van der Waals surface area contributed by atoms with E-state index in [0.717, 1.165) is 11.1 Å². The summed E-state index contributed by atoms with van der Waals surface area (Å²) in [5.41, 5.74) is 3.10. The van der Waals surface area contributed by atoms with E-state index in [9.17, 15) is 9.59 Å². The fraction of sp³-hybridized carbons (Fsp3) is 0. The van der Waals surface area contributed by atoms with E-state index in [1.54, 1.807) is 24.3 Å². The SMILES string of the molecule is O=C1c2ccccc2C(=O)c2c(-c3ccccc3)oc(-c3ccccc3)c21. The Balaban J connectivity index is 1.85. The molecule has 0 atom stereocenters. The molecular weight excluding hydrogens is 336 g/mol. The van der Waals surface area contributed by atoms with Crippen molar-refractivity contribution in [3.63, 3.8) is 0 Å². The summed E-state index contributed by atoms with van der Waals surface area (Å²) in [5.74, 6) is 0.532. The van der Waals surface area contributed by atoms with Gasteiger partial charge in [0.05, 0.1) is 11.1 Å². The number of benzene rings is 3. The Hall–Kier alpha value is -3.72. The van der Waals surface area contributed by atoms with Gasteiger partial charge in [-0.1, -0.05) is 84.9 Å². The monoisotopic (exact) mass is 350 g/mol. The van der Waals surface area contributed by atoms with Crippen LogP contribution in [0, 0.1) is 0 Å². The number of fused-ring (bicyclic) bond motifs is 2. The van der Waals surface area contributed by atoms with E-state index in [1.165, 1.54) is 0 Å². The summed E-state index contributed by atoms with van der Waals surface area (Å²) in [5, 5.41) is 0. The van der Waals surface area contributed by atoms with Crippen LogP contribution < -0.4 is 0 Å². The third kappa shape index (κ3) is 2.29. The Bertz CT molecular complexity index is 1090. The normalized spacial score (nSPS) is 12.6. The van der Waals surface area contributed by atoms with Crippen LogP contribution in [0.2, 0.25) is 0 Å². The lowest BCUT2D eigenvalue weighted by atomic mass is 9.83. The van der Waals surface area contributed by atoms with Gasteiger partial charge < -0.3 is 4.42 Å². The molecule has 0 saturated carbocycles. The van der Waals surface area contributed by atoms with Gasteiger partial charge in [-0.2, -0.15) is 0 Å².